The van der Waals surface area contributed by atoms with Crippen LogP contribution in [0, 0.1) is 0 Å². The van der Waals surface area contributed by atoms with Gasteiger partial charge in [-0.25, -0.2) is 0 Å². The summed E-state index contributed by atoms with van der Waals surface area (Å²) in [6.07, 6.45) is 0. The molecule has 0 aliphatic rings. The molecule has 0 spiro atoms. The minimum Gasteiger partial charge on any atom is -0.456 e. The summed E-state index contributed by atoms with van der Waals surface area (Å²) in [5, 5.41) is 5.42. The molecule has 1 aromatic heterocycles. The van der Waals surface area contributed by atoms with E-state index < -0.39 is 0 Å². The van der Waals surface area contributed by atoms with Crippen LogP contribution in [-0.2, 0) is 0 Å². The van der Waals surface area contributed by atoms with Gasteiger partial charge in [0.25, 0.3) is 0 Å². The number of hydrogen-bond acceptors (Lipinski definition) is 3. The van der Waals surface area contributed by atoms with Crippen molar-refractivity contribution in [2.45, 2.75) is 0 Å². The van der Waals surface area contributed by atoms with Gasteiger partial charge in [-0.1, -0.05) is 78.9 Å². The highest BCUT2D eigenvalue weighted by Crippen LogP contribution is 2.42. The molecule has 7 aromatic rings. The smallest absolute Gasteiger partial charge is 0.193 e. The van der Waals surface area contributed by atoms with E-state index in [1.807, 2.05) is 36.4 Å². The highest BCUT2D eigenvalue weighted by atomic mass is 16.3. The highest BCUT2D eigenvalue weighted by Gasteiger charge is 2.17. The van der Waals surface area contributed by atoms with Crippen molar-refractivity contribution in [1.29, 1.82) is 0 Å². The molecule has 0 amide bonds. The first-order valence-corrected chi connectivity index (χ1v) is 12.7. The lowest BCUT2D eigenvalue weighted by Gasteiger charge is -2.27. The van der Waals surface area contributed by atoms with E-state index in [1.54, 1.807) is 12.1 Å². The number of hydrogen-bond donors (Lipinski definition) is 0. The van der Waals surface area contributed by atoms with E-state index in [0.29, 0.717) is 16.7 Å². The van der Waals surface area contributed by atoms with E-state index in [1.165, 1.54) is 21.5 Å². The Balaban J connectivity index is 1.41. The lowest BCUT2D eigenvalue weighted by molar-refractivity contribution is 0.619. The molecule has 0 aliphatic carbocycles. The predicted molar refractivity (Wildman–Crippen MR) is 158 cm³/mol. The number of nitrogens with zero attached hydrogens (tertiary/aromatic N) is 1. The lowest BCUT2D eigenvalue weighted by atomic mass is 9.99. The molecule has 0 N–H and O–H groups in total. The van der Waals surface area contributed by atoms with Crippen molar-refractivity contribution in [3.05, 3.63) is 150 Å². The molecule has 0 saturated carbocycles. The number of benzene rings is 6. The quantitative estimate of drug-likeness (QED) is 0.231. The molecule has 38 heavy (non-hydrogen) atoms. The second kappa shape index (κ2) is 9.06. The molecule has 0 radical (unpaired) electrons. The first kappa shape index (κ1) is 22.1. The Hall–Kier alpha value is -5.15. The van der Waals surface area contributed by atoms with Crippen molar-refractivity contribution in [2.75, 3.05) is 4.90 Å². The van der Waals surface area contributed by atoms with E-state index in [4.69, 9.17) is 4.42 Å². The van der Waals surface area contributed by atoms with Gasteiger partial charge < -0.3 is 9.32 Å². The summed E-state index contributed by atoms with van der Waals surface area (Å²) in [5.41, 5.74) is 4.59. The molecule has 7 rings (SSSR count). The normalized spacial score (nSPS) is 11.3. The maximum Gasteiger partial charge on any atom is 0.193 e. The zero-order valence-corrected chi connectivity index (χ0v) is 20.5. The Morgan fingerprint density at radius 3 is 1.89 bits per heavy atom. The van der Waals surface area contributed by atoms with Crippen LogP contribution in [0.25, 0.3) is 43.8 Å². The van der Waals surface area contributed by atoms with Gasteiger partial charge in [-0.05, 0) is 70.8 Å². The average Bonchev–Trinajstić information content (AvgIpc) is 2.98. The SMILES string of the molecule is O=c1cc(-c2ccc(N(c3ccccc3)c3cc4ccccc4c4ccccc34)cc2)oc2ccccc12. The molecular formula is C35H23NO2. The van der Waals surface area contributed by atoms with Gasteiger partial charge in [0.05, 0.1) is 11.1 Å². The van der Waals surface area contributed by atoms with Gasteiger partial charge >= 0.3 is 0 Å². The molecule has 3 heteroatoms. The average molecular weight is 490 g/mol. The molecule has 6 aromatic carbocycles. The van der Waals surface area contributed by atoms with Gasteiger partial charge in [-0.3, -0.25) is 4.79 Å². The maximum atomic E-state index is 12.7. The van der Waals surface area contributed by atoms with E-state index in [9.17, 15) is 4.79 Å². The molecule has 0 fully saturated rings. The summed E-state index contributed by atoms with van der Waals surface area (Å²) < 4.78 is 6.09. The van der Waals surface area contributed by atoms with Crippen LogP contribution in [-0.4, -0.2) is 0 Å². The third kappa shape index (κ3) is 3.73. The van der Waals surface area contributed by atoms with E-state index in [2.05, 4.69) is 95.9 Å². The van der Waals surface area contributed by atoms with Crippen LogP contribution >= 0.6 is 0 Å². The van der Waals surface area contributed by atoms with E-state index >= 15 is 0 Å². The minimum atomic E-state index is -0.0422. The second-order valence-corrected chi connectivity index (χ2v) is 9.35. The standard InChI is InChI=1S/C35H23NO2/c37-33-23-35(38-34-17-9-8-16-31(33)34)24-18-20-27(21-19-24)36(26-11-2-1-3-12-26)32-22-25-10-4-5-13-28(25)29-14-6-7-15-30(29)32/h1-23H. The Kier molecular flexibility index (Phi) is 5.26. The van der Waals surface area contributed by atoms with Gasteiger partial charge in [0.2, 0.25) is 0 Å². The fourth-order valence-corrected chi connectivity index (χ4v) is 5.24. The van der Waals surface area contributed by atoms with Crippen molar-refractivity contribution in [1.82, 2.24) is 0 Å². The van der Waals surface area contributed by atoms with Crippen LogP contribution < -0.4 is 10.3 Å². The monoisotopic (exact) mass is 489 g/mol. The Morgan fingerprint density at radius 2 is 1.11 bits per heavy atom. The van der Waals surface area contributed by atoms with Gasteiger partial charge in [0, 0.05) is 28.4 Å². The first-order chi connectivity index (χ1) is 18.8. The Morgan fingerprint density at radius 1 is 0.500 bits per heavy atom. The predicted octanol–water partition coefficient (Wildman–Crippen LogP) is 9.24. The number of anilines is 3. The van der Waals surface area contributed by atoms with Crippen LogP contribution in [0.5, 0.6) is 0 Å². The summed E-state index contributed by atoms with van der Waals surface area (Å²) in [6.45, 7) is 0. The lowest BCUT2D eigenvalue weighted by Crippen LogP contribution is -2.10. The van der Waals surface area contributed by atoms with Crippen LogP contribution in [0.4, 0.5) is 17.1 Å². The zero-order valence-electron chi connectivity index (χ0n) is 20.5. The first-order valence-electron chi connectivity index (χ1n) is 12.7. The number of rotatable bonds is 4. The van der Waals surface area contributed by atoms with Crippen LogP contribution in [0.15, 0.2) is 149 Å². The Bertz CT molecular complexity index is 1990. The maximum absolute atomic E-state index is 12.7. The van der Waals surface area contributed by atoms with Crippen LogP contribution in [0.3, 0.4) is 0 Å². The van der Waals surface area contributed by atoms with E-state index in [-0.39, 0.29) is 5.43 Å². The van der Waals surface area contributed by atoms with Crippen LogP contribution in [0.2, 0.25) is 0 Å². The zero-order chi connectivity index (χ0) is 25.5. The number of para-hydroxylation sites is 2. The van der Waals surface area contributed by atoms with Gasteiger partial charge in [0.15, 0.2) is 5.43 Å². The number of fused-ring (bicyclic) bond motifs is 4. The fourth-order valence-electron chi connectivity index (χ4n) is 5.24. The Labute approximate surface area is 219 Å². The minimum absolute atomic E-state index is 0.0422. The van der Waals surface area contributed by atoms with Crippen molar-refractivity contribution in [3.63, 3.8) is 0 Å². The van der Waals surface area contributed by atoms with Crippen LogP contribution in [0.1, 0.15) is 0 Å². The van der Waals surface area contributed by atoms with Gasteiger partial charge in [-0.2, -0.15) is 0 Å². The van der Waals surface area contributed by atoms with Gasteiger partial charge in [0.1, 0.15) is 11.3 Å². The summed E-state index contributed by atoms with van der Waals surface area (Å²) in [7, 11) is 0. The molecule has 3 nitrogen and oxygen atoms in total. The fraction of sp³-hybridized carbons (Fsp3) is 0. The molecule has 0 atom stereocenters. The molecule has 180 valence electrons. The van der Waals surface area contributed by atoms with Crippen molar-refractivity contribution in [3.8, 4) is 11.3 Å². The van der Waals surface area contributed by atoms with Crippen molar-refractivity contribution < 1.29 is 4.42 Å². The molecule has 0 saturated heterocycles. The topological polar surface area (TPSA) is 33.5 Å². The summed E-state index contributed by atoms with van der Waals surface area (Å²) >= 11 is 0. The summed E-state index contributed by atoms with van der Waals surface area (Å²) in [6, 6.07) is 46.9. The van der Waals surface area contributed by atoms with Crippen molar-refractivity contribution >= 4 is 49.6 Å². The molecule has 0 unspecified atom stereocenters. The highest BCUT2D eigenvalue weighted by molar-refractivity contribution is 6.14. The van der Waals surface area contributed by atoms with Gasteiger partial charge in [-0.15, -0.1) is 0 Å². The second-order valence-electron chi connectivity index (χ2n) is 9.35. The molecule has 0 bridgehead atoms. The van der Waals surface area contributed by atoms with Crippen molar-refractivity contribution in [2.24, 2.45) is 0 Å². The third-order valence-corrected chi connectivity index (χ3v) is 7.05. The molecule has 0 aliphatic heterocycles. The summed E-state index contributed by atoms with van der Waals surface area (Å²) in [5.74, 6) is 0.558. The summed E-state index contributed by atoms with van der Waals surface area (Å²) in [4.78, 5) is 15.0. The molecular weight excluding hydrogens is 466 g/mol. The molecule has 1 heterocycles. The van der Waals surface area contributed by atoms with E-state index in [0.717, 1.165) is 22.6 Å². The third-order valence-electron chi connectivity index (χ3n) is 7.05. The largest absolute Gasteiger partial charge is 0.456 e.